The molecule has 0 amide bonds. The Morgan fingerprint density at radius 1 is 1.20 bits per heavy atom. The maximum absolute atomic E-state index is 12.2. The lowest BCUT2D eigenvalue weighted by molar-refractivity contribution is -0.384. The van der Waals surface area contributed by atoms with Crippen LogP contribution in [0.25, 0.3) is 10.8 Å². The van der Waals surface area contributed by atoms with Gasteiger partial charge in [0.2, 0.25) is 0 Å². The molecule has 11 heteroatoms. The largest absolute Gasteiger partial charge is 0.276 e. The summed E-state index contributed by atoms with van der Waals surface area (Å²) in [5, 5.41) is 19.7. The van der Waals surface area contributed by atoms with Gasteiger partial charge in [-0.2, -0.15) is 0 Å². The minimum absolute atomic E-state index is 0.0783. The van der Waals surface area contributed by atoms with Crippen LogP contribution in [-0.4, -0.2) is 29.3 Å². The number of nitro benzene ring substituents is 1. The Balaban J connectivity index is 1.69. The van der Waals surface area contributed by atoms with Crippen LogP contribution in [0.4, 0.5) is 5.69 Å². The van der Waals surface area contributed by atoms with Crippen LogP contribution in [-0.2, 0) is 15.3 Å². The molecule has 0 N–H and O–H groups in total. The van der Waals surface area contributed by atoms with Gasteiger partial charge in [-0.25, -0.2) is 14.2 Å². The van der Waals surface area contributed by atoms with E-state index >= 15 is 0 Å². The summed E-state index contributed by atoms with van der Waals surface area (Å²) in [6.45, 7) is 1.69. The minimum atomic E-state index is -1.79. The van der Waals surface area contributed by atoms with Gasteiger partial charge in [-0.05, 0) is 25.1 Å². The Morgan fingerprint density at radius 2 is 1.88 bits per heavy atom. The third-order valence-corrected chi connectivity index (χ3v) is 5.22. The lowest BCUT2D eigenvalue weighted by Crippen LogP contribution is -2.04. The van der Waals surface area contributed by atoms with Crippen molar-refractivity contribution < 1.29 is 13.3 Å². The van der Waals surface area contributed by atoms with Gasteiger partial charge in [0.1, 0.15) is 11.1 Å². The molecule has 1 aromatic carbocycles. The first kappa shape index (κ1) is 17.2. The molecule has 0 saturated carbocycles. The highest BCUT2D eigenvalue weighted by Crippen LogP contribution is 2.27. The number of nitro groups is 1. The second-order valence-corrected chi connectivity index (χ2v) is 6.88. The molecule has 0 spiro atoms. The van der Waals surface area contributed by atoms with Crippen LogP contribution in [0.2, 0.25) is 0 Å². The van der Waals surface area contributed by atoms with Gasteiger partial charge in [0, 0.05) is 24.5 Å². The van der Waals surface area contributed by atoms with E-state index in [1.807, 2.05) is 0 Å². The monoisotopic (exact) mass is 377 g/mol. The predicted molar refractivity (Wildman–Crippen MR) is 89.9 cm³/mol. The van der Waals surface area contributed by atoms with Crippen molar-refractivity contribution in [3.05, 3.63) is 57.8 Å². The molecule has 2 unspecified atom stereocenters. The number of rotatable bonds is 6. The molecule has 0 aliphatic heterocycles. The van der Waals surface area contributed by atoms with Crippen LogP contribution in [0.15, 0.2) is 47.6 Å². The third kappa shape index (κ3) is 4.07. The van der Waals surface area contributed by atoms with Gasteiger partial charge < -0.3 is 0 Å². The summed E-state index contributed by atoms with van der Waals surface area (Å²) in [4.78, 5) is 18.6. The van der Waals surface area contributed by atoms with Crippen molar-refractivity contribution >= 4 is 28.1 Å². The number of nitrogens with zero attached hydrogens (tertiary/aromatic N) is 5. The van der Waals surface area contributed by atoms with Crippen molar-refractivity contribution in [3.63, 3.8) is 0 Å². The Kier molecular flexibility index (Phi) is 5.16. The number of non-ortho nitro benzene ring substituents is 1. The lowest BCUT2D eigenvalue weighted by atomic mass is 10.3. The Hall–Kier alpha value is -2.63. The molecule has 3 aromatic rings. The summed E-state index contributed by atoms with van der Waals surface area (Å²) < 4.78 is 17.7. The van der Waals surface area contributed by atoms with E-state index in [0.29, 0.717) is 20.7 Å². The van der Waals surface area contributed by atoms with Gasteiger partial charge >= 0.3 is 0 Å². The maximum atomic E-state index is 12.2. The molecule has 25 heavy (non-hydrogen) atoms. The zero-order valence-corrected chi connectivity index (χ0v) is 14.4. The van der Waals surface area contributed by atoms with E-state index in [4.69, 9.17) is 4.18 Å². The zero-order valence-electron chi connectivity index (χ0n) is 12.8. The molecule has 3 rings (SSSR count). The summed E-state index contributed by atoms with van der Waals surface area (Å²) >= 11 is -0.544. The lowest BCUT2D eigenvalue weighted by Gasteiger charge is -2.08. The average molecular weight is 377 g/mol. The van der Waals surface area contributed by atoms with E-state index < -0.39 is 22.1 Å². The summed E-state index contributed by atoms with van der Waals surface area (Å²) in [5.74, 6) is 0.454. The number of hydrogen-bond acceptors (Lipinski definition) is 9. The van der Waals surface area contributed by atoms with Crippen molar-refractivity contribution in [3.8, 4) is 10.8 Å². The van der Waals surface area contributed by atoms with Crippen molar-refractivity contribution in [2.45, 2.75) is 17.9 Å². The molecule has 2 aromatic heterocycles. The first-order chi connectivity index (χ1) is 12.0. The summed E-state index contributed by atoms with van der Waals surface area (Å²) in [5.41, 5.74) is -0.0783. The fourth-order valence-electron chi connectivity index (χ4n) is 1.81. The summed E-state index contributed by atoms with van der Waals surface area (Å²) in [6, 6.07) is 7.03. The fourth-order valence-corrected chi connectivity index (χ4v) is 3.46. The Labute approximate surface area is 148 Å². The summed E-state index contributed by atoms with van der Waals surface area (Å²) in [7, 11) is 0. The molecule has 0 aliphatic rings. The van der Waals surface area contributed by atoms with Crippen molar-refractivity contribution in [2.24, 2.45) is 0 Å². The molecule has 0 bridgehead atoms. The van der Waals surface area contributed by atoms with Crippen molar-refractivity contribution in [2.75, 3.05) is 0 Å². The Morgan fingerprint density at radius 3 is 2.52 bits per heavy atom. The standard InChI is InChI=1S/C14H11N5O4S2/c1-9(13-17-18-14(24-13)12-15-7-2-8-16-12)23-25(22)11-5-3-10(4-6-11)19(20)21/h2-9H,1H3. The fraction of sp³-hybridized carbons (Fsp3) is 0.143. The van der Waals surface area contributed by atoms with E-state index in [1.54, 1.807) is 25.4 Å². The molecule has 2 atom stereocenters. The highest BCUT2D eigenvalue weighted by molar-refractivity contribution is 7.80. The number of benzene rings is 1. The van der Waals surface area contributed by atoms with Crippen molar-refractivity contribution in [1.29, 1.82) is 0 Å². The third-order valence-electron chi connectivity index (χ3n) is 3.02. The van der Waals surface area contributed by atoms with E-state index in [0.717, 1.165) is 0 Å². The predicted octanol–water partition coefficient (Wildman–Crippen LogP) is 2.70. The first-order valence-corrected chi connectivity index (χ1v) is 8.88. The average Bonchev–Trinajstić information content (AvgIpc) is 3.13. The van der Waals surface area contributed by atoms with Crippen LogP contribution in [0, 0.1) is 10.1 Å². The van der Waals surface area contributed by atoms with E-state index in [9.17, 15) is 14.3 Å². The van der Waals surface area contributed by atoms with Gasteiger partial charge in [-0.1, -0.05) is 11.3 Å². The topological polar surface area (TPSA) is 121 Å². The minimum Gasteiger partial charge on any atom is -0.276 e. The number of aromatic nitrogens is 4. The highest BCUT2D eigenvalue weighted by atomic mass is 32.2. The molecule has 9 nitrogen and oxygen atoms in total. The van der Waals surface area contributed by atoms with Gasteiger partial charge in [0.05, 0.1) is 9.82 Å². The zero-order chi connectivity index (χ0) is 17.8. The molecule has 0 aliphatic carbocycles. The molecule has 0 fully saturated rings. The molecule has 0 radical (unpaired) electrons. The maximum Gasteiger partial charge on any atom is 0.269 e. The van der Waals surface area contributed by atoms with Gasteiger partial charge in [0.25, 0.3) is 5.69 Å². The van der Waals surface area contributed by atoms with E-state index in [-0.39, 0.29) is 5.69 Å². The van der Waals surface area contributed by atoms with Crippen molar-refractivity contribution in [1.82, 2.24) is 20.2 Å². The van der Waals surface area contributed by atoms with Gasteiger partial charge in [-0.3, -0.25) is 14.3 Å². The second kappa shape index (κ2) is 7.51. The van der Waals surface area contributed by atoms with Gasteiger partial charge in [0.15, 0.2) is 21.9 Å². The molecule has 128 valence electrons. The normalized spacial score (nSPS) is 13.3. The molecule has 2 heterocycles. The van der Waals surface area contributed by atoms with Gasteiger partial charge in [-0.15, -0.1) is 10.2 Å². The van der Waals surface area contributed by atoms with E-state index in [1.165, 1.54) is 35.6 Å². The SMILES string of the molecule is CC(OS(=O)c1ccc([N+](=O)[O-])cc1)c1nnc(-c2ncccn2)s1. The van der Waals surface area contributed by atoms with Crippen LogP contribution in [0.3, 0.4) is 0 Å². The van der Waals surface area contributed by atoms with Crippen LogP contribution in [0.1, 0.15) is 18.0 Å². The van der Waals surface area contributed by atoms with Crippen LogP contribution >= 0.6 is 11.3 Å². The van der Waals surface area contributed by atoms with Crippen LogP contribution in [0.5, 0.6) is 0 Å². The van der Waals surface area contributed by atoms with Crippen LogP contribution < -0.4 is 0 Å². The smallest absolute Gasteiger partial charge is 0.269 e. The molecular weight excluding hydrogens is 366 g/mol. The summed E-state index contributed by atoms with van der Waals surface area (Å²) in [6.07, 6.45) is 2.63. The highest BCUT2D eigenvalue weighted by Gasteiger charge is 2.19. The Bertz CT molecular complexity index is 901. The quantitative estimate of drug-likeness (QED) is 0.475. The second-order valence-electron chi connectivity index (χ2n) is 4.74. The first-order valence-electron chi connectivity index (χ1n) is 6.99. The number of hydrogen-bond donors (Lipinski definition) is 0. The molecule has 0 saturated heterocycles. The molecular formula is C14H11N5O4S2. The van der Waals surface area contributed by atoms with E-state index in [2.05, 4.69) is 20.2 Å².